The molecule has 0 aliphatic carbocycles. The van der Waals surface area contributed by atoms with Crippen LogP contribution in [0.3, 0.4) is 0 Å². The van der Waals surface area contributed by atoms with Gasteiger partial charge in [-0.05, 0) is 13.0 Å². The monoisotopic (exact) mass is 227 g/mol. The molecule has 0 aliphatic heterocycles. The van der Waals surface area contributed by atoms with Crippen molar-refractivity contribution in [3.8, 4) is 0 Å². The van der Waals surface area contributed by atoms with Crippen LogP contribution in [0.4, 0.5) is 5.69 Å². The molecule has 15 heavy (non-hydrogen) atoms. The number of hydrogen-bond donors (Lipinski definition) is 0. The zero-order valence-electron chi connectivity index (χ0n) is 7.95. The maximum absolute atomic E-state index is 11.5. The quantitative estimate of drug-likeness (QED) is 0.583. The van der Waals surface area contributed by atoms with Crippen LogP contribution in [-0.4, -0.2) is 13.3 Å². The molecule has 0 unspecified atom stereocenters. The van der Waals surface area contributed by atoms with Crippen LogP contribution >= 0.6 is 0 Å². The molecule has 0 heterocycles. The molecule has 0 saturated carbocycles. The van der Waals surface area contributed by atoms with Gasteiger partial charge >= 0.3 is 0 Å². The molecule has 1 aromatic carbocycles. The molecule has 0 amide bonds. The summed E-state index contributed by atoms with van der Waals surface area (Å²) in [6.45, 7) is 1.56. The minimum atomic E-state index is -3.55. The number of allylic oxidation sites excluding steroid dienone is 1. The predicted molar refractivity (Wildman–Crippen MR) is 55.1 cm³/mol. The van der Waals surface area contributed by atoms with E-state index in [9.17, 15) is 18.5 Å². The van der Waals surface area contributed by atoms with Crippen molar-refractivity contribution >= 4 is 15.5 Å². The largest absolute Gasteiger partial charge is 0.270 e. The first-order chi connectivity index (χ1) is 6.97. The van der Waals surface area contributed by atoms with Gasteiger partial charge in [0.2, 0.25) is 0 Å². The normalized spacial score (nSPS) is 11.8. The number of non-ortho nitro benzene ring substituents is 1. The lowest BCUT2D eigenvalue weighted by Gasteiger charge is -1.98. The summed E-state index contributed by atoms with van der Waals surface area (Å²) < 4.78 is 23.0. The van der Waals surface area contributed by atoms with E-state index in [1.54, 1.807) is 6.92 Å². The topological polar surface area (TPSA) is 77.3 Å². The first kappa shape index (κ1) is 11.4. The van der Waals surface area contributed by atoms with Crippen molar-refractivity contribution < 1.29 is 13.3 Å². The van der Waals surface area contributed by atoms with E-state index >= 15 is 0 Å². The second-order valence-electron chi connectivity index (χ2n) is 2.77. The van der Waals surface area contributed by atoms with Crippen molar-refractivity contribution in [1.29, 1.82) is 0 Å². The molecule has 6 heteroatoms. The fraction of sp³-hybridized carbons (Fsp3) is 0.111. The van der Waals surface area contributed by atoms with Crippen molar-refractivity contribution in [3.05, 3.63) is 45.9 Å². The molecule has 0 fully saturated rings. The maximum Gasteiger partial charge on any atom is 0.270 e. The number of hydrogen-bond acceptors (Lipinski definition) is 4. The number of rotatable bonds is 3. The summed E-state index contributed by atoms with van der Waals surface area (Å²) in [5, 5.41) is 11.4. The maximum atomic E-state index is 11.5. The van der Waals surface area contributed by atoms with Gasteiger partial charge in [0.1, 0.15) is 0 Å². The Bertz CT molecular complexity index is 505. The smallest absolute Gasteiger partial charge is 0.258 e. The second kappa shape index (κ2) is 4.22. The number of nitrogens with zero attached hydrogens (tertiary/aromatic N) is 1. The van der Waals surface area contributed by atoms with Crippen molar-refractivity contribution in [2.45, 2.75) is 11.8 Å². The van der Waals surface area contributed by atoms with Gasteiger partial charge in [-0.15, -0.1) is 0 Å². The number of sulfone groups is 1. The van der Waals surface area contributed by atoms with E-state index < -0.39 is 14.8 Å². The summed E-state index contributed by atoms with van der Waals surface area (Å²) in [6, 6.07) is 4.95. The van der Waals surface area contributed by atoms with E-state index in [0.717, 1.165) is 11.5 Å². The second-order valence-corrected chi connectivity index (χ2v) is 4.60. The van der Waals surface area contributed by atoms with Crippen LogP contribution in [0.2, 0.25) is 0 Å². The molecule has 0 bridgehead atoms. The average Bonchev–Trinajstić information content (AvgIpc) is 2.18. The van der Waals surface area contributed by atoms with Crippen molar-refractivity contribution in [3.63, 3.8) is 0 Å². The Morgan fingerprint density at radius 1 is 1.40 bits per heavy atom. The average molecular weight is 227 g/mol. The molecule has 0 radical (unpaired) electrons. The molecule has 0 N–H and O–H groups in total. The zero-order valence-corrected chi connectivity index (χ0v) is 8.77. The Morgan fingerprint density at radius 3 is 2.60 bits per heavy atom. The van der Waals surface area contributed by atoms with Crippen molar-refractivity contribution in [2.24, 2.45) is 0 Å². The Labute approximate surface area is 87.1 Å². The first-order valence-electron chi connectivity index (χ1n) is 4.09. The molecular formula is C9H9NO4S. The van der Waals surface area contributed by atoms with Crippen LogP contribution in [0.15, 0.2) is 40.6 Å². The van der Waals surface area contributed by atoms with Gasteiger partial charge < -0.3 is 0 Å². The van der Waals surface area contributed by atoms with E-state index in [-0.39, 0.29) is 10.6 Å². The molecule has 80 valence electrons. The summed E-state index contributed by atoms with van der Waals surface area (Å²) in [5.41, 5.74) is -0.236. The van der Waals surface area contributed by atoms with Crippen LogP contribution in [0.5, 0.6) is 0 Å². The number of benzene rings is 1. The lowest BCUT2D eigenvalue weighted by Crippen LogP contribution is -1.97. The minimum Gasteiger partial charge on any atom is -0.258 e. The van der Waals surface area contributed by atoms with Crippen LogP contribution in [0, 0.1) is 10.1 Å². The zero-order chi connectivity index (χ0) is 11.5. The van der Waals surface area contributed by atoms with E-state index in [4.69, 9.17) is 0 Å². The van der Waals surface area contributed by atoms with E-state index in [2.05, 4.69) is 0 Å². The van der Waals surface area contributed by atoms with Crippen molar-refractivity contribution in [2.75, 3.05) is 0 Å². The molecular weight excluding hydrogens is 218 g/mol. The van der Waals surface area contributed by atoms with E-state index in [1.807, 2.05) is 0 Å². The van der Waals surface area contributed by atoms with Gasteiger partial charge in [-0.2, -0.15) is 0 Å². The van der Waals surface area contributed by atoms with E-state index in [1.165, 1.54) is 24.3 Å². The Kier molecular flexibility index (Phi) is 3.21. The summed E-state index contributed by atoms with van der Waals surface area (Å²) in [4.78, 5) is 9.73. The third-order valence-electron chi connectivity index (χ3n) is 1.67. The van der Waals surface area contributed by atoms with Crippen LogP contribution in [-0.2, 0) is 9.84 Å². The van der Waals surface area contributed by atoms with Crippen LogP contribution in [0.1, 0.15) is 6.92 Å². The first-order valence-corrected chi connectivity index (χ1v) is 5.64. The van der Waals surface area contributed by atoms with E-state index in [0.29, 0.717) is 0 Å². The fourth-order valence-corrected chi connectivity index (χ4v) is 2.10. The standard InChI is InChI=1S/C9H9NO4S/c1-2-6-15(13,14)9-5-3-4-8(7-9)10(11)12/h2-7H,1H3/b6-2+. The molecule has 0 saturated heterocycles. The highest BCUT2D eigenvalue weighted by atomic mass is 32.2. The highest BCUT2D eigenvalue weighted by molar-refractivity contribution is 7.94. The molecule has 0 aromatic heterocycles. The van der Waals surface area contributed by atoms with Gasteiger partial charge in [-0.25, -0.2) is 8.42 Å². The molecule has 1 rings (SSSR count). The minimum absolute atomic E-state index is 0.0743. The van der Waals surface area contributed by atoms with Crippen LogP contribution in [0.25, 0.3) is 0 Å². The Morgan fingerprint density at radius 2 is 2.07 bits per heavy atom. The molecule has 1 aromatic rings. The summed E-state index contributed by atoms with van der Waals surface area (Å²) in [7, 11) is -3.55. The van der Waals surface area contributed by atoms with Gasteiger partial charge in [-0.1, -0.05) is 12.1 Å². The summed E-state index contributed by atoms with van der Waals surface area (Å²) >= 11 is 0. The van der Waals surface area contributed by atoms with Gasteiger partial charge in [0.15, 0.2) is 9.84 Å². The predicted octanol–water partition coefficient (Wildman–Crippen LogP) is 1.90. The highest BCUT2D eigenvalue weighted by Crippen LogP contribution is 2.18. The lowest BCUT2D eigenvalue weighted by molar-refractivity contribution is -0.385. The summed E-state index contributed by atoms with van der Waals surface area (Å²) in [6.07, 6.45) is 1.37. The summed E-state index contributed by atoms with van der Waals surface area (Å²) in [5.74, 6) is 0. The van der Waals surface area contributed by atoms with Gasteiger partial charge in [0.25, 0.3) is 5.69 Å². The molecule has 0 aliphatic rings. The number of nitro benzene ring substituents is 1. The van der Waals surface area contributed by atoms with Gasteiger partial charge in [0.05, 0.1) is 9.82 Å². The third-order valence-corrected chi connectivity index (χ3v) is 3.21. The molecule has 0 atom stereocenters. The lowest BCUT2D eigenvalue weighted by atomic mass is 10.3. The Hall–Kier alpha value is -1.69. The molecule has 5 nitrogen and oxygen atoms in total. The van der Waals surface area contributed by atoms with Crippen molar-refractivity contribution in [1.82, 2.24) is 0 Å². The third kappa shape index (κ3) is 2.63. The number of nitro groups is 1. The van der Waals surface area contributed by atoms with Crippen LogP contribution < -0.4 is 0 Å². The van der Waals surface area contributed by atoms with Gasteiger partial charge in [0, 0.05) is 17.5 Å². The fourth-order valence-electron chi connectivity index (χ4n) is 1.03. The SMILES string of the molecule is C/C=C/S(=O)(=O)c1cccc([N+](=O)[O-])c1. The van der Waals surface area contributed by atoms with Gasteiger partial charge in [-0.3, -0.25) is 10.1 Å². The molecule has 0 spiro atoms. The highest BCUT2D eigenvalue weighted by Gasteiger charge is 2.14. The Balaban J connectivity index is 3.28.